The van der Waals surface area contributed by atoms with E-state index < -0.39 is 0 Å². The minimum Gasteiger partial charge on any atom is -0.430 e. The van der Waals surface area contributed by atoms with Gasteiger partial charge in [-0.05, 0) is 44.0 Å². The molecule has 23 heavy (non-hydrogen) atoms. The van der Waals surface area contributed by atoms with Gasteiger partial charge in [0.2, 0.25) is 0 Å². The van der Waals surface area contributed by atoms with E-state index in [1.54, 1.807) is 0 Å². The molecular formula is C21H27BO. The van der Waals surface area contributed by atoms with E-state index in [0.29, 0.717) is 0 Å². The highest BCUT2D eigenvalue weighted by Gasteiger charge is 2.35. The van der Waals surface area contributed by atoms with Crippen LogP contribution in [0.4, 0.5) is 0 Å². The molecule has 1 heterocycles. The van der Waals surface area contributed by atoms with Gasteiger partial charge >= 0.3 is 6.92 Å². The number of fused-ring (bicyclic) bond motifs is 3. The molecule has 2 heteroatoms. The first-order valence-electron chi connectivity index (χ1n) is 8.45. The van der Waals surface area contributed by atoms with Crippen LogP contribution in [0, 0.1) is 0 Å². The fraction of sp³-hybridized carbons (Fsp3) is 0.429. The lowest BCUT2D eigenvalue weighted by molar-refractivity contribution is 0.440. The fourth-order valence-corrected chi connectivity index (χ4v) is 3.40. The zero-order valence-corrected chi connectivity index (χ0v) is 15.4. The number of hydrogen-bond donors (Lipinski definition) is 0. The average Bonchev–Trinajstić information content (AvgIpc) is 2.77. The van der Waals surface area contributed by atoms with E-state index in [1.165, 1.54) is 33.2 Å². The van der Waals surface area contributed by atoms with Crippen LogP contribution in [0.3, 0.4) is 0 Å². The third-order valence-corrected chi connectivity index (χ3v) is 4.93. The van der Waals surface area contributed by atoms with E-state index in [9.17, 15) is 0 Å². The molecule has 0 spiro atoms. The van der Waals surface area contributed by atoms with Crippen molar-refractivity contribution in [2.75, 3.05) is 7.11 Å². The lowest BCUT2D eigenvalue weighted by Crippen LogP contribution is -2.41. The van der Waals surface area contributed by atoms with Crippen LogP contribution in [-0.2, 0) is 15.5 Å². The van der Waals surface area contributed by atoms with Crippen molar-refractivity contribution in [2.45, 2.75) is 52.4 Å². The molecule has 0 saturated heterocycles. The van der Waals surface area contributed by atoms with Gasteiger partial charge in [0.15, 0.2) is 0 Å². The van der Waals surface area contributed by atoms with Gasteiger partial charge in [0.1, 0.15) is 0 Å². The van der Waals surface area contributed by atoms with Crippen molar-refractivity contribution in [3.63, 3.8) is 0 Å². The molecule has 0 radical (unpaired) electrons. The minimum atomic E-state index is 0.0459. The Labute approximate surface area is 141 Å². The summed E-state index contributed by atoms with van der Waals surface area (Å²) in [7, 11) is 1.82. The predicted octanol–water partition coefficient (Wildman–Crippen LogP) is 4.01. The topological polar surface area (TPSA) is 9.23 Å². The second-order valence-electron chi connectivity index (χ2n) is 8.72. The maximum Gasteiger partial charge on any atom is 0.362 e. The minimum absolute atomic E-state index is 0.0459. The lowest BCUT2D eigenvalue weighted by Gasteiger charge is -2.21. The van der Waals surface area contributed by atoms with Gasteiger partial charge in [-0.25, -0.2) is 0 Å². The van der Waals surface area contributed by atoms with Gasteiger partial charge in [-0.1, -0.05) is 77.9 Å². The summed E-state index contributed by atoms with van der Waals surface area (Å²) in [4.78, 5) is 0. The highest BCUT2D eigenvalue weighted by molar-refractivity contribution is 6.84. The summed E-state index contributed by atoms with van der Waals surface area (Å²) >= 11 is 0. The first-order chi connectivity index (χ1) is 10.6. The third kappa shape index (κ3) is 2.74. The summed E-state index contributed by atoms with van der Waals surface area (Å²) in [5.41, 5.74) is 8.28. The molecule has 0 bridgehead atoms. The van der Waals surface area contributed by atoms with Crippen molar-refractivity contribution in [3.8, 4) is 11.1 Å². The van der Waals surface area contributed by atoms with Gasteiger partial charge in [-0.2, -0.15) is 0 Å². The van der Waals surface area contributed by atoms with Crippen LogP contribution in [-0.4, -0.2) is 14.0 Å². The van der Waals surface area contributed by atoms with Crippen LogP contribution in [0.15, 0.2) is 36.4 Å². The maximum atomic E-state index is 5.90. The molecule has 0 saturated carbocycles. The Morgan fingerprint density at radius 3 is 1.39 bits per heavy atom. The Kier molecular flexibility index (Phi) is 3.72. The first-order valence-corrected chi connectivity index (χ1v) is 8.45. The maximum absolute atomic E-state index is 5.90. The molecule has 120 valence electrons. The quantitative estimate of drug-likeness (QED) is 0.723. The van der Waals surface area contributed by atoms with Gasteiger partial charge < -0.3 is 4.65 Å². The Morgan fingerprint density at radius 2 is 1.09 bits per heavy atom. The van der Waals surface area contributed by atoms with E-state index in [2.05, 4.69) is 77.9 Å². The van der Waals surface area contributed by atoms with Crippen LogP contribution in [0.25, 0.3) is 11.1 Å². The average molecular weight is 306 g/mol. The molecule has 0 atom stereocenters. The van der Waals surface area contributed by atoms with Crippen LogP contribution >= 0.6 is 0 Å². The fourth-order valence-electron chi connectivity index (χ4n) is 3.40. The molecule has 2 aromatic rings. The lowest BCUT2D eigenvalue weighted by atomic mass is 9.57. The summed E-state index contributed by atoms with van der Waals surface area (Å²) in [5.74, 6) is 0. The SMILES string of the molecule is COB1c2cc(C(C)(C)C)ccc2-c2ccc(C(C)(C)C)cc21. The van der Waals surface area contributed by atoms with Crippen molar-refractivity contribution in [3.05, 3.63) is 47.5 Å². The number of rotatable bonds is 1. The second-order valence-corrected chi connectivity index (χ2v) is 8.72. The van der Waals surface area contributed by atoms with Crippen molar-refractivity contribution in [1.82, 2.24) is 0 Å². The highest BCUT2D eigenvalue weighted by Crippen LogP contribution is 2.30. The van der Waals surface area contributed by atoms with E-state index in [4.69, 9.17) is 4.65 Å². The molecular weight excluding hydrogens is 279 g/mol. The molecule has 0 amide bonds. The van der Waals surface area contributed by atoms with Crippen LogP contribution in [0.2, 0.25) is 0 Å². The van der Waals surface area contributed by atoms with E-state index in [-0.39, 0.29) is 17.7 Å². The Balaban J connectivity index is 2.17. The smallest absolute Gasteiger partial charge is 0.362 e. The molecule has 3 rings (SSSR count). The van der Waals surface area contributed by atoms with Crippen molar-refractivity contribution in [2.24, 2.45) is 0 Å². The summed E-state index contributed by atoms with van der Waals surface area (Å²) in [5, 5.41) is 0. The molecule has 0 aliphatic carbocycles. The van der Waals surface area contributed by atoms with Gasteiger partial charge in [-0.15, -0.1) is 0 Å². The Bertz CT molecular complexity index is 684. The molecule has 0 fully saturated rings. The zero-order valence-electron chi connectivity index (χ0n) is 15.4. The Hall–Kier alpha value is -1.54. The molecule has 0 N–H and O–H groups in total. The summed E-state index contributed by atoms with van der Waals surface area (Å²) in [6.07, 6.45) is 0. The first kappa shape index (κ1) is 16.3. The monoisotopic (exact) mass is 306 g/mol. The molecule has 0 unspecified atom stereocenters. The van der Waals surface area contributed by atoms with Gasteiger partial charge in [-0.3, -0.25) is 0 Å². The van der Waals surface area contributed by atoms with Gasteiger partial charge in [0.05, 0.1) is 0 Å². The van der Waals surface area contributed by atoms with Crippen LogP contribution in [0.1, 0.15) is 52.7 Å². The van der Waals surface area contributed by atoms with Crippen LogP contribution < -0.4 is 10.9 Å². The number of benzene rings is 2. The van der Waals surface area contributed by atoms with Gasteiger partial charge in [0, 0.05) is 7.11 Å². The second kappa shape index (κ2) is 5.24. The number of hydrogen-bond acceptors (Lipinski definition) is 1. The standard InChI is InChI=1S/C21H27BO/c1-20(2,3)14-8-10-16-17-11-9-15(21(4,5)6)13-19(17)22(23-7)18(16)12-14/h8-13H,1-7H3. The molecule has 1 nitrogen and oxygen atoms in total. The summed E-state index contributed by atoms with van der Waals surface area (Å²) in [6.45, 7) is 13.6. The third-order valence-electron chi connectivity index (χ3n) is 4.93. The van der Waals surface area contributed by atoms with Crippen molar-refractivity contribution >= 4 is 17.8 Å². The summed E-state index contributed by atoms with van der Waals surface area (Å²) in [6, 6.07) is 13.7. The highest BCUT2D eigenvalue weighted by atomic mass is 16.4. The largest absolute Gasteiger partial charge is 0.430 e. The predicted molar refractivity (Wildman–Crippen MR) is 101 cm³/mol. The van der Waals surface area contributed by atoms with E-state index >= 15 is 0 Å². The summed E-state index contributed by atoms with van der Waals surface area (Å²) < 4.78 is 5.90. The van der Waals surface area contributed by atoms with Crippen molar-refractivity contribution < 1.29 is 4.65 Å². The molecule has 0 aromatic heterocycles. The normalized spacial score (nSPS) is 14.0. The zero-order chi connectivity index (χ0) is 17.0. The van der Waals surface area contributed by atoms with Crippen molar-refractivity contribution in [1.29, 1.82) is 0 Å². The van der Waals surface area contributed by atoms with Gasteiger partial charge in [0.25, 0.3) is 0 Å². The van der Waals surface area contributed by atoms with E-state index in [0.717, 1.165) is 0 Å². The molecule has 1 aliphatic heterocycles. The Morgan fingerprint density at radius 1 is 0.696 bits per heavy atom. The molecule has 1 aliphatic rings. The van der Waals surface area contributed by atoms with Crippen LogP contribution in [0.5, 0.6) is 0 Å². The van der Waals surface area contributed by atoms with E-state index in [1.807, 2.05) is 7.11 Å². The molecule has 2 aromatic carbocycles.